The van der Waals surface area contributed by atoms with Crippen LogP contribution in [0.5, 0.6) is 0 Å². The van der Waals surface area contributed by atoms with Crippen LogP contribution in [0.3, 0.4) is 0 Å². The van der Waals surface area contributed by atoms with E-state index in [-0.39, 0.29) is 32.2 Å². The first kappa shape index (κ1) is 112. The highest BCUT2D eigenvalue weighted by Gasteiger charge is 2.41. The van der Waals surface area contributed by atoms with Gasteiger partial charge in [0.2, 0.25) is 112 Å². The maximum Gasteiger partial charge on any atom is 0.326 e. The number of unbranched alkanes of at least 4 members (excludes halogenated alkanes) is 1. The summed E-state index contributed by atoms with van der Waals surface area (Å²) in [5.41, 5.74) is 32.8. The number of amides is 19. The number of hydrogen-bond donors (Lipinski definition) is 27. The van der Waals surface area contributed by atoms with Gasteiger partial charge in [-0.1, -0.05) is 84.7 Å². The Morgan fingerprint density at radius 2 is 0.693 bits per heavy atom. The van der Waals surface area contributed by atoms with E-state index < -0.39 is 341 Å². The van der Waals surface area contributed by atoms with Crippen LogP contribution < -0.4 is 114 Å². The van der Waals surface area contributed by atoms with Gasteiger partial charge in [0.1, 0.15) is 84.6 Å². The minimum atomic E-state index is -2.23. The molecule has 0 saturated carbocycles. The molecule has 19 amide bonds. The van der Waals surface area contributed by atoms with Gasteiger partial charge < -0.3 is 145 Å². The predicted molar refractivity (Wildman–Crippen MR) is 442 cm³/mol. The van der Waals surface area contributed by atoms with Crippen LogP contribution in [-0.2, 0) is 117 Å². The number of rotatable bonds is 63. The van der Waals surface area contributed by atoms with Gasteiger partial charge in [0.15, 0.2) is 0 Å². The van der Waals surface area contributed by atoms with Crippen LogP contribution in [0, 0.1) is 17.8 Å². The Morgan fingerprint density at radius 1 is 0.339 bits per heavy atom. The smallest absolute Gasteiger partial charge is 0.326 e. The number of aliphatic carboxylic acids is 4. The lowest BCUT2D eigenvalue weighted by Crippen LogP contribution is -2.63. The number of hydrogen-bond acceptors (Lipinski definition) is 27. The van der Waals surface area contributed by atoms with Crippen molar-refractivity contribution in [1.82, 2.24) is 79.8 Å². The second-order valence-electron chi connectivity index (χ2n) is 30.7. The van der Waals surface area contributed by atoms with Gasteiger partial charge in [-0.2, -0.15) is 0 Å². The van der Waals surface area contributed by atoms with Crippen LogP contribution >= 0.6 is 0 Å². The van der Waals surface area contributed by atoms with Crippen molar-refractivity contribution in [2.75, 3.05) is 19.6 Å². The molecule has 0 aliphatic rings. The molecule has 50 nitrogen and oxygen atoms in total. The van der Waals surface area contributed by atoms with E-state index in [0.717, 1.165) is 6.92 Å². The number of carbonyl (C=O) groups is 23. The third-order valence-corrected chi connectivity index (χ3v) is 19.5. The molecule has 0 heterocycles. The maximum absolute atomic E-state index is 14.8. The van der Waals surface area contributed by atoms with E-state index >= 15 is 0 Å². The number of primary amides is 4. The highest BCUT2D eigenvalue weighted by molar-refractivity contribution is 6.02. The van der Waals surface area contributed by atoms with Crippen LogP contribution in [0.15, 0.2) is 30.3 Å². The zero-order valence-corrected chi connectivity index (χ0v) is 71.7. The van der Waals surface area contributed by atoms with Gasteiger partial charge in [-0.25, -0.2) is 4.79 Å². The largest absolute Gasteiger partial charge is 0.481 e. The van der Waals surface area contributed by atoms with Gasteiger partial charge in [0, 0.05) is 32.1 Å². The van der Waals surface area contributed by atoms with Crippen LogP contribution in [0.4, 0.5) is 0 Å². The normalized spacial score (nSPS) is 15.3. The first-order valence-corrected chi connectivity index (χ1v) is 40.7. The van der Waals surface area contributed by atoms with Crippen molar-refractivity contribution < 1.29 is 141 Å². The summed E-state index contributed by atoms with van der Waals surface area (Å²) < 4.78 is 0. The van der Waals surface area contributed by atoms with E-state index in [1.165, 1.54) is 52.0 Å². The van der Waals surface area contributed by atoms with Gasteiger partial charge in [0.25, 0.3) is 0 Å². The first-order valence-electron chi connectivity index (χ1n) is 40.7. The zero-order valence-electron chi connectivity index (χ0n) is 71.7. The molecule has 1 aromatic rings. The van der Waals surface area contributed by atoms with E-state index in [1.54, 1.807) is 26.8 Å². The summed E-state index contributed by atoms with van der Waals surface area (Å²) in [6, 6.07) is -17.9. The van der Waals surface area contributed by atoms with E-state index in [9.17, 15) is 141 Å². The lowest BCUT2D eigenvalue weighted by Gasteiger charge is -2.30. The number of carbonyl (C=O) groups excluding carboxylic acids is 19. The fourth-order valence-electron chi connectivity index (χ4n) is 11.9. The molecule has 0 aliphatic heterocycles. The van der Waals surface area contributed by atoms with Crippen molar-refractivity contribution in [1.29, 1.82) is 0 Å². The van der Waals surface area contributed by atoms with Gasteiger partial charge in [-0.05, 0) is 95.1 Å². The van der Waals surface area contributed by atoms with E-state index in [0.29, 0.717) is 18.4 Å². The Morgan fingerprint density at radius 3 is 1.13 bits per heavy atom. The number of carboxylic acids is 4. The molecule has 1 rings (SSSR count). The number of nitrogens with two attached hydrogens (primary N) is 6. The minimum absolute atomic E-state index is 0.0163. The SMILES string of the molecule is CC[C@H](C)[C@H](NC(=O)[C@H](CCC(N)=O)NC(=O)[C@H](Cc1ccccc1)NC(=O)[C@H](CC(=O)O)NC(=O)[C@@H](NC(=O)[C@@H](NC(=O)[C@H](CC(=O)O)NC(=O)[C@H](CCC(N)=O)NC(=O)CNC(=O)CNC(=O)[C@H](CCCCN)NC(=O)[C@@H](N)[C@@H](C)O)[C@@H](C)CC)[C@@H](C)O)C(=O)N[C@@H](CC(C)C)C(=O)N[C@@H](CCC(=O)O)C(=O)N[C@@H](CC(N)=O)C(=O)N[C@@H](CCC(N)=O)C(=O)O. The number of aliphatic hydroxyl groups is 2. The fraction of sp³-hybridized carbons (Fsp3) is 0.623. The highest BCUT2D eigenvalue weighted by Crippen LogP contribution is 2.17. The summed E-state index contributed by atoms with van der Waals surface area (Å²) in [7, 11) is 0. The molecule has 18 atom stereocenters. The third-order valence-electron chi connectivity index (χ3n) is 19.5. The molecule has 0 radical (unpaired) electrons. The quantitative estimate of drug-likeness (QED) is 0.0269. The summed E-state index contributed by atoms with van der Waals surface area (Å²) in [6.45, 7) is 9.97. The standard InChI is InChI=1S/C77H123N21O29/c1-9-36(5)61(74(123)94-46(28-35(3)4)68(117)88-44(22-26-57(107)108)66(115)92-48(30-54(82)104)70(119)90-45(77(126)127)21-25-53(81)103)96-67(116)43(20-24-52(80)102)87-69(118)47(29-40-16-12-11-13-17-40)91-71(120)49(31-58(109)110)95-76(125)63(39(8)100)98-75(124)62(37(6)10-2)97-72(121)50(32-59(111)112)93-65(114)42(19-23-51(79)101)86-56(106)34-84-55(105)33-85-64(113)41(18-14-15-27-78)89-73(122)60(83)38(7)99/h11-13,16-17,35-39,41-50,60-63,99-100H,9-10,14-15,18-34,78,83H2,1-8H3,(H2,79,101)(H2,80,102)(H2,81,103)(H2,82,104)(H,84,105)(H,85,113)(H,86,106)(H,87,118)(H,88,117)(H,89,122)(H,90,119)(H,91,120)(H,92,115)(H,93,114)(H,94,123)(H,95,125)(H,96,116)(H,97,121)(H,98,124)(H,107,108)(H,109,110)(H,111,112)(H,126,127)/t36-,37-,38+,39+,41-,42-,43-,44-,45-,46-,47-,48-,49-,50-,60-,61-,62-,63-/m0/s1. The van der Waals surface area contributed by atoms with Crippen LogP contribution in [0.2, 0.25) is 0 Å². The Kier molecular flexibility index (Phi) is 50.6. The third kappa shape index (κ3) is 43.9. The van der Waals surface area contributed by atoms with Gasteiger partial charge >= 0.3 is 23.9 Å². The lowest BCUT2D eigenvalue weighted by atomic mass is 9.96. The average Bonchev–Trinajstić information content (AvgIpc) is 0.834. The van der Waals surface area contributed by atoms with Crippen molar-refractivity contribution in [2.24, 2.45) is 52.2 Å². The van der Waals surface area contributed by atoms with Crippen LogP contribution in [0.25, 0.3) is 0 Å². The molecular formula is C77H123N21O29. The topological polar surface area (TPSA) is 851 Å². The summed E-state index contributed by atoms with van der Waals surface area (Å²) in [4.78, 5) is 305. The number of benzene rings is 1. The molecule has 33 N–H and O–H groups in total. The van der Waals surface area contributed by atoms with E-state index in [4.69, 9.17) is 34.4 Å². The van der Waals surface area contributed by atoms with Gasteiger partial charge in [-0.3, -0.25) is 105 Å². The highest BCUT2D eigenvalue weighted by atomic mass is 16.4. The van der Waals surface area contributed by atoms with Crippen LogP contribution in [0.1, 0.15) is 170 Å². The Labute approximate surface area is 729 Å². The molecule has 0 fully saturated rings. The molecule has 0 saturated heterocycles. The molecule has 710 valence electrons. The second-order valence-corrected chi connectivity index (χ2v) is 30.7. The van der Waals surface area contributed by atoms with Crippen molar-refractivity contribution in [3.63, 3.8) is 0 Å². The molecule has 50 heteroatoms. The van der Waals surface area contributed by atoms with Crippen molar-refractivity contribution in [3.05, 3.63) is 35.9 Å². The Bertz CT molecular complexity index is 4020. The second kappa shape index (κ2) is 57.4. The summed E-state index contributed by atoms with van der Waals surface area (Å²) >= 11 is 0. The summed E-state index contributed by atoms with van der Waals surface area (Å²) in [5, 5.41) is 94.2. The molecule has 0 spiro atoms. The number of carboxylic acid groups (broad SMARTS) is 4. The monoisotopic (exact) mass is 1810 g/mol. The zero-order chi connectivity index (χ0) is 96.8. The summed E-state index contributed by atoms with van der Waals surface area (Å²) in [5.74, 6) is -31.2. The average molecular weight is 1810 g/mol. The molecule has 127 heavy (non-hydrogen) atoms. The minimum Gasteiger partial charge on any atom is -0.481 e. The van der Waals surface area contributed by atoms with Crippen LogP contribution in [-0.4, -0.2) is 283 Å². The molecular weight excluding hydrogens is 1680 g/mol. The molecule has 0 aliphatic carbocycles. The van der Waals surface area contributed by atoms with E-state index in [1.807, 2.05) is 5.32 Å². The Hall–Kier alpha value is -13.1. The van der Waals surface area contributed by atoms with Crippen molar-refractivity contribution in [3.8, 4) is 0 Å². The van der Waals surface area contributed by atoms with Gasteiger partial charge in [-0.15, -0.1) is 0 Å². The maximum atomic E-state index is 14.8. The van der Waals surface area contributed by atoms with Gasteiger partial charge in [0.05, 0.1) is 44.6 Å². The van der Waals surface area contributed by atoms with Crippen molar-refractivity contribution in [2.45, 2.75) is 268 Å². The van der Waals surface area contributed by atoms with Crippen molar-refractivity contribution >= 4 is 136 Å². The predicted octanol–water partition coefficient (Wildman–Crippen LogP) is -10.3. The first-order chi connectivity index (χ1) is 59.4. The summed E-state index contributed by atoms with van der Waals surface area (Å²) in [6.07, 6.45) is -11.6. The fourth-order valence-corrected chi connectivity index (χ4v) is 11.9. The molecule has 0 aromatic heterocycles. The number of nitrogens with one attached hydrogen (secondary N) is 15. The Balaban J connectivity index is 3.72. The lowest BCUT2D eigenvalue weighted by molar-refractivity contribution is -0.143. The van der Waals surface area contributed by atoms with E-state index in [2.05, 4.69) is 74.4 Å². The molecule has 0 bridgehead atoms. The molecule has 0 unspecified atom stereocenters. The molecule has 1 aromatic carbocycles. The number of aliphatic hydroxyl groups excluding tert-OH is 2.